The van der Waals surface area contributed by atoms with Crippen molar-refractivity contribution in [3.8, 4) is 0 Å². The van der Waals surface area contributed by atoms with Crippen molar-refractivity contribution in [1.29, 1.82) is 0 Å². The third-order valence-electron chi connectivity index (χ3n) is 4.45. The van der Waals surface area contributed by atoms with E-state index in [-0.39, 0.29) is 13.0 Å². The summed E-state index contributed by atoms with van der Waals surface area (Å²) in [5.41, 5.74) is 1.48. The number of ether oxygens (including phenoxy) is 1. The molecule has 0 bridgehead atoms. The molecule has 0 saturated heterocycles. The van der Waals surface area contributed by atoms with Crippen molar-refractivity contribution in [3.05, 3.63) is 71.8 Å². The van der Waals surface area contributed by atoms with Crippen LogP contribution in [0.1, 0.15) is 11.1 Å². The van der Waals surface area contributed by atoms with Crippen molar-refractivity contribution in [3.63, 3.8) is 0 Å². The first-order chi connectivity index (χ1) is 13.8. The van der Waals surface area contributed by atoms with E-state index in [0.29, 0.717) is 5.56 Å². The average molecular weight is 410 g/mol. The fraction of sp³-hybridized carbons (Fsp3) is 0.381. The summed E-state index contributed by atoms with van der Waals surface area (Å²) in [5, 5.41) is 15.3. The molecule has 2 rings (SSSR count). The number of alkyl halides is 3. The molecule has 3 atom stereocenters. The van der Waals surface area contributed by atoms with Gasteiger partial charge in [0, 0.05) is 13.1 Å². The van der Waals surface area contributed by atoms with E-state index in [1.165, 1.54) is 7.11 Å². The maximum atomic E-state index is 13.4. The zero-order chi connectivity index (χ0) is 21.3. The van der Waals surface area contributed by atoms with Gasteiger partial charge in [-0.1, -0.05) is 60.7 Å². The number of methoxy groups -OCH3 is 1. The summed E-state index contributed by atoms with van der Waals surface area (Å²) in [6.45, 7) is -0.481. The van der Waals surface area contributed by atoms with Gasteiger partial charge in [-0.25, -0.2) is 0 Å². The Bertz CT molecular complexity index is 742. The summed E-state index contributed by atoms with van der Waals surface area (Å²) in [6.07, 6.45) is -6.22. The fourth-order valence-corrected chi connectivity index (χ4v) is 2.91. The van der Waals surface area contributed by atoms with Crippen molar-refractivity contribution >= 4 is 5.97 Å². The summed E-state index contributed by atoms with van der Waals surface area (Å²) in [4.78, 5) is 12.0. The molecule has 2 aromatic rings. The number of rotatable bonds is 10. The van der Waals surface area contributed by atoms with Crippen molar-refractivity contribution in [2.24, 2.45) is 0 Å². The second kappa shape index (κ2) is 10.9. The van der Waals surface area contributed by atoms with Crippen LogP contribution < -0.4 is 10.6 Å². The van der Waals surface area contributed by atoms with E-state index in [1.54, 1.807) is 54.6 Å². The molecule has 29 heavy (non-hydrogen) atoms. The Hall–Kier alpha value is -2.42. The third kappa shape index (κ3) is 7.49. The van der Waals surface area contributed by atoms with E-state index in [1.807, 2.05) is 6.07 Å². The minimum atomic E-state index is -4.66. The molecular weight excluding hydrogens is 385 g/mol. The third-order valence-corrected chi connectivity index (χ3v) is 4.45. The molecule has 0 radical (unpaired) electrons. The zero-order valence-corrected chi connectivity index (χ0v) is 16.0. The number of nitrogens with one attached hydrogen (secondary N) is 2. The lowest BCUT2D eigenvalue weighted by molar-refractivity contribution is -0.178. The quantitative estimate of drug-likeness (QED) is 0.525. The molecule has 8 heteroatoms. The summed E-state index contributed by atoms with van der Waals surface area (Å²) < 4.78 is 45.0. The molecule has 0 fully saturated rings. The minimum Gasteiger partial charge on any atom is -0.468 e. The smallest absolute Gasteiger partial charge is 0.406 e. The number of esters is 1. The van der Waals surface area contributed by atoms with Crippen molar-refractivity contribution in [1.82, 2.24) is 10.6 Å². The van der Waals surface area contributed by atoms with Crippen LogP contribution in [-0.4, -0.2) is 49.1 Å². The number of benzene rings is 2. The van der Waals surface area contributed by atoms with Gasteiger partial charge in [-0.2, -0.15) is 13.2 Å². The van der Waals surface area contributed by atoms with Gasteiger partial charge in [0.15, 0.2) is 0 Å². The van der Waals surface area contributed by atoms with Crippen LogP contribution in [0.5, 0.6) is 0 Å². The van der Waals surface area contributed by atoms with Crippen LogP contribution in [-0.2, 0) is 22.5 Å². The zero-order valence-electron chi connectivity index (χ0n) is 16.0. The standard InChI is InChI=1S/C21H25F3N2O3/c1-29-20(28)17(12-15-8-4-2-5-9-15)25-14-18(27)19(21(22,23)24)26-13-16-10-6-3-7-11-16/h2-11,17-19,25-27H,12-14H2,1H3/t17-,18?,19?/m0/s1. The molecule has 0 aromatic heterocycles. The molecule has 0 aliphatic carbocycles. The first-order valence-electron chi connectivity index (χ1n) is 9.18. The average Bonchev–Trinajstić information content (AvgIpc) is 2.71. The Kier molecular flexibility index (Phi) is 8.63. The first-order valence-corrected chi connectivity index (χ1v) is 9.18. The minimum absolute atomic E-state index is 0.0491. The van der Waals surface area contributed by atoms with E-state index >= 15 is 0 Å². The molecule has 5 nitrogen and oxygen atoms in total. The molecule has 0 amide bonds. The molecule has 0 heterocycles. The summed E-state index contributed by atoms with van der Waals surface area (Å²) >= 11 is 0. The van der Waals surface area contributed by atoms with Crippen LogP contribution in [0.3, 0.4) is 0 Å². The van der Waals surface area contributed by atoms with Gasteiger partial charge in [-0.3, -0.25) is 10.1 Å². The number of carbonyl (C=O) groups is 1. The normalized spacial score (nSPS) is 14.8. The highest BCUT2D eigenvalue weighted by atomic mass is 19.4. The summed E-state index contributed by atoms with van der Waals surface area (Å²) in [6, 6.07) is 14.6. The lowest BCUT2D eigenvalue weighted by Gasteiger charge is -2.28. The van der Waals surface area contributed by atoms with Gasteiger partial charge in [0.25, 0.3) is 0 Å². The van der Waals surface area contributed by atoms with Gasteiger partial charge >= 0.3 is 12.1 Å². The maximum absolute atomic E-state index is 13.4. The lowest BCUT2D eigenvalue weighted by atomic mass is 10.0. The van der Waals surface area contributed by atoms with Crippen LogP contribution in [0.15, 0.2) is 60.7 Å². The summed E-state index contributed by atoms with van der Waals surface area (Å²) in [7, 11) is 1.21. The second-order valence-corrected chi connectivity index (χ2v) is 6.63. The Balaban J connectivity index is 2.00. The number of halogens is 3. The fourth-order valence-electron chi connectivity index (χ4n) is 2.91. The van der Waals surface area contributed by atoms with E-state index in [4.69, 9.17) is 4.74 Å². The molecule has 2 aromatic carbocycles. The van der Waals surface area contributed by atoms with Crippen LogP contribution in [0.4, 0.5) is 13.2 Å². The van der Waals surface area contributed by atoms with E-state index in [2.05, 4.69) is 10.6 Å². The van der Waals surface area contributed by atoms with E-state index < -0.39 is 36.9 Å². The van der Waals surface area contributed by atoms with Crippen LogP contribution in [0.25, 0.3) is 0 Å². The molecule has 0 aliphatic heterocycles. The van der Waals surface area contributed by atoms with Crippen molar-refractivity contribution in [2.45, 2.75) is 37.3 Å². The molecule has 0 aliphatic rings. The monoisotopic (exact) mass is 410 g/mol. The van der Waals surface area contributed by atoms with Crippen molar-refractivity contribution < 1.29 is 27.8 Å². The predicted octanol–water partition coefficient (Wildman–Crippen LogP) is 2.44. The van der Waals surface area contributed by atoms with Gasteiger partial charge < -0.3 is 15.2 Å². The lowest BCUT2D eigenvalue weighted by Crippen LogP contribution is -2.55. The Morgan fingerprint density at radius 1 is 1.00 bits per heavy atom. The molecule has 2 unspecified atom stereocenters. The topological polar surface area (TPSA) is 70.6 Å². The van der Waals surface area contributed by atoms with Gasteiger partial charge in [-0.15, -0.1) is 0 Å². The van der Waals surface area contributed by atoms with Crippen LogP contribution in [0.2, 0.25) is 0 Å². The molecule has 158 valence electrons. The van der Waals surface area contributed by atoms with Gasteiger partial charge in [0.1, 0.15) is 12.1 Å². The second-order valence-electron chi connectivity index (χ2n) is 6.63. The number of hydrogen-bond donors (Lipinski definition) is 3. The molecule has 0 saturated carbocycles. The first kappa shape index (κ1) is 22.9. The van der Waals surface area contributed by atoms with E-state index in [0.717, 1.165) is 5.56 Å². The van der Waals surface area contributed by atoms with E-state index in [9.17, 15) is 23.1 Å². The number of hydrogen-bond acceptors (Lipinski definition) is 5. The van der Waals surface area contributed by atoms with Crippen LogP contribution >= 0.6 is 0 Å². The Morgan fingerprint density at radius 2 is 1.55 bits per heavy atom. The summed E-state index contributed by atoms with van der Waals surface area (Å²) in [5.74, 6) is -0.609. The van der Waals surface area contributed by atoms with Crippen molar-refractivity contribution in [2.75, 3.05) is 13.7 Å². The van der Waals surface area contributed by atoms with Gasteiger partial charge in [0.2, 0.25) is 0 Å². The molecule has 3 N–H and O–H groups in total. The number of aliphatic hydroxyl groups is 1. The highest BCUT2D eigenvalue weighted by molar-refractivity contribution is 5.76. The number of aliphatic hydroxyl groups excluding tert-OH is 1. The molecular formula is C21H25F3N2O3. The highest BCUT2D eigenvalue weighted by Crippen LogP contribution is 2.23. The van der Waals surface area contributed by atoms with Crippen LogP contribution in [0, 0.1) is 0 Å². The maximum Gasteiger partial charge on any atom is 0.406 e. The molecule has 0 spiro atoms. The number of carbonyl (C=O) groups excluding carboxylic acids is 1. The van der Waals surface area contributed by atoms with Gasteiger partial charge in [0.05, 0.1) is 13.2 Å². The predicted molar refractivity (Wildman–Crippen MR) is 103 cm³/mol. The largest absolute Gasteiger partial charge is 0.468 e. The van der Waals surface area contributed by atoms with Gasteiger partial charge in [-0.05, 0) is 17.5 Å². The SMILES string of the molecule is COC(=O)[C@H](Cc1ccccc1)NCC(O)C(NCc1ccccc1)C(F)(F)F. The highest BCUT2D eigenvalue weighted by Gasteiger charge is 2.44. The Labute approximate surface area is 167 Å². The Morgan fingerprint density at radius 3 is 2.07 bits per heavy atom.